The molecule has 0 aliphatic rings. The number of amides is 1. The van der Waals surface area contributed by atoms with E-state index in [1.165, 1.54) is 11.3 Å². The molecule has 3 nitrogen and oxygen atoms in total. The first-order chi connectivity index (χ1) is 4.22. The zero-order chi connectivity index (χ0) is 6.85. The average molecular weight is 327 g/mol. The summed E-state index contributed by atoms with van der Waals surface area (Å²) in [6.45, 7) is 0. The molecule has 1 aromatic rings. The third-order valence-electron chi connectivity index (χ3n) is 0.860. The summed E-state index contributed by atoms with van der Waals surface area (Å²) < 4.78 is 0. The zero-order valence-corrected chi connectivity index (χ0v) is 8.46. The van der Waals surface area contributed by atoms with Gasteiger partial charge in [0.1, 0.15) is 0 Å². The maximum absolute atomic E-state index is 10.4. The van der Waals surface area contributed by atoms with Gasteiger partial charge in [-0.3, -0.25) is 16.1 Å². The van der Waals surface area contributed by atoms with E-state index in [0.29, 0.717) is 10.6 Å². The number of carbonyl (C=O) groups is 1. The number of thiophene rings is 1. The summed E-state index contributed by atoms with van der Waals surface area (Å²) in [6.07, 6.45) is 0. The number of nitrogen functional groups attached to an aromatic ring is 1. The summed E-state index contributed by atoms with van der Waals surface area (Å²) in [7, 11) is 0. The Morgan fingerprint density at radius 3 is 2.50 bits per heavy atom. The Balaban J connectivity index is 0.000000810. The summed E-state index contributed by atoms with van der Waals surface area (Å²) in [5.41, 5.74) is 10.6. The first-order valence-electron chi connectivity index (χ1n) is 2.26. The SMILES string of the molecule is NC(=O)c1sc[c-]c1N.[Re]. The molecular formula is C5H5N2OReS-. The smallest absolute Gasteiger partial charge is 0.178 e. The second kappa shape index (κ2) is 3.72. The Bertz CT molecular complexity index is 235. The molecule has 0 aliphatic heterocycles. The van der Waals surface area contributed by atoms with Gasteiger partial charge in [-0.05, 0) is 4.88 Å². The summed E-state index contributed by atoms with van der Waals surface area (Å²) in [5.74, 6) is -0.487. The maximum Gasteiger partial charge on any atom is 0.178 e. The fourth-order valence-corrected chi connectivity index (χ4v) is 1.08. The number of anilines is 1. The van der Waals surface area contributed by atoms with Crippen LogP contribution < -0.4 is 11.5 Å². The number of nitrogens with two attached hydrogens (primary N) is 2. The van der Waals surface area contributed by atoms with Crippen molar-refractivity contribution in [1.82, 2.24) is 0 Å². The molecule has 1 heterocycles. The van der Waals surface area contributed by atoms with Crippen molar-refractivity contribution in [3.05, 3.63) is 16.3 Å². The molecule has 0 bridgehead atoms. The van der Waals surface area contributed by atoms with Gasteiger partial charge >= 0.3 is 0 Å². The van der Waals surface area contributed by atoms with E-state index in [4.69, 9.17) is 11.5 Å². The van der Waals surface area contributed by atoms with Crippen molar-refractivity contribution in [2.45, 2.75) is 0 Å². The van der Waals surface area contributed by atoms with E-state index in [9.17, 15) is 4.79 Å². The molecule has 0 aromatic carbocycles. The van der Waals surface area contributed by atoms with Crippen molar-refractivity contribution in [2.75, 3.05) is 5.73 Å². The van der Waals surface area contributed by atoms with Gasteiger partial charge in [0.2, 0.25) is 0 Å². The van der Waals surface area contributed by atoms with Gasteiger partial charge in [-0.15, -0.1) is 11.1 Å². The van der Waals surface area contributed by atoms with Gasteiger partial charge in [0.15, 0.2) is 5.91 Å². The Labute approximate surface area is 76.1 Å². The monoisotopic (exact) mass is 328 g/mol. The third kappa shape index (κ3) is 1.81. The topological polar surface area (TPSA) is 69.1 Å². The molecule has 0 aliphatic carbocycles. The molecule has 1 aromatic heterocycles. The number of primary amides is 1. The van der Waals surface area contributed by atoms with Crippen LogP contribution in [0.1, 0.15) is 9.67 Å². The molecule has 0 fully saturated rings. The Morgan fingerprint density at radius 1 is 1.70 bits per heavy atom. The van der Waals surface area contributed by atoms with Crippen molar-refractivity contribution >= 4 is 22.9 Å². The summed E-state index contributed by atoms with van der Waals surface area (Å²) in [6, 6.07) is 2.65. The first-order valence-corrected chi connectivity index (χ1v) is 3.14. The number of hydrogen-bond donors (Lipinski definition) is 2. The van der Waals surface area contributed by atoms with E-state index in [1.54, 1.807) is 5.38 Å². The Kier molecular flexibility index (Phi) is 3.58. The summed E-state index contributed by atoms with van der Waals surface area (Å²) in [4.78, 5) is 10.8. The molecule has 4 N–H and O–H groups in total. The fourth-order valence-electron chi connectivity index (χ4n) is 0.472. The molecule has 0 spiro atoms. The molecule has 0 unspecified atom stereocenters. The number of rotatable bonds is 1. The molecule has 1 rings (SSSR count). The van der Waals surface area contributed by atoms with E-state index in [2.05, 4.69) is 6.07 Å². The predicted octanol–water partition coefficient (Wildman–Crippen LogP) is 0.227. The van der Waals surface area contributed by atoms with Gasteiger partial charge in [0, 0.05) is 20.4 Å². The maximum atomic E-state index is 10.4. The molecule has 0 saturated heterocycles. The van der Waals surface area contributed by atoms with Crippen LogP contribution in [-0.4, -0.2) is 5.91 Å². The second-order valence-corrected chi connectivity index (χ2v) is 2.37. The molecule has 10 heavy (non-hydrogen) atoms. The standard InChI is InChI=1S/C5H5N2OS.Re/c6-3-1-2-9-4(3)5(7)8;/h2H,6H2,(H2,7,8);/q-1;. The molecule has 55 valence electrons. The number of hydrogen-bond acceptors (Lipinski definition) is 3. The van der Waals surface area contributed by atoms with Gasteiger partial charge in [0.25, 0.3) is 0 Å². The Morgan fingerprint density at radius 2 is 2.30 bits per heavy atom. The van der Waals surface area contributed by atoms with Crippen LogP contribution in [0.5, 0.6) is 0 Å². The van der Waals surface area contributed by atoms with Crippen molar-refractivity contribution in [3.8, 4) is 0 Å². The van der Waals surface area contributed by atoms with Crippen LogP contribution in [0.4, 0.5) is 5.69 Å². The van der Waals surface area contributed by atoms with E-state index in [1.807, 2.05) is 0 Å². The van der Waals surface area contributed by atoms with Crippen LogP contribution >= 0.6 is 11.3 Å². The molecule has 0 atom stereocenters. The van der Waals surface area contributed by atoms with Crippen LogP contribution in [0.2, 0.25) is 0 Å². The van der Waals surface area contributed by atoms with Crippen molar-refractivity contribution in [2.24, 2.45) is 5.73 Å². The van der Waals surface area contributed by atoms with E-state index >= 15 is 0 Å². The molecular weight excluding hydrogens is 322 g/mol. The van der Waals surface area contributed by atoms with Crippen molar-refractivity contribution in [1.29, 1.82) is 0 Å². The van der Waals surface area contributed by atoms with E-state index in [0.717, 1.165) is 0 Å². The predicted molar refractivity (Wildman–Crippen MR) is 36.1 cm³/mol. The van der Waals surface area contributed by atoms with Crippen LogP contribution in [0, 0.1) is 6.07 Å². The minimum Gasteiger partial charge on any atom is -0.430 e. The average Bonchev–Trinajstić information content (AvgIpc) is 2.13. The molecule has 0 saturated carbocycles. The quantitative estimate of drug-likeness (QED) is 0.725. The molecule has 5 heteroatoms. The van der Waals surface area contributed by atoms with Gasteiger partial charge in [-0.25, -0.2) is 6.07 Å². The van der Waals surface area contributed by atoms with Gasteiger partial charge in [-0.1, -0.05) is 0 Å². The zero-order valence-electron chi connectivity index (χ0n) is 4.93. The van der Waals surface area contributed by atoms with Crippen LogP contribution in [0.15, 0.2) is 5.38 Å². The normalized spacial score (nSPS) is 8.40. The minimum absolute atomic E-state index is 0. The van der Waals surface area contributed by atoms with Gasteiger partial charge < -0.3 is 11.5 Å². The van der Waals surface area contributed by atoms with E-state index in [-0.39, 0.29) is 20.4 Å². The molecule has 1 radical (unpaired) electrons. The van der Waals surface area contributed by atoms with Gasteiger partial charge in [0.05, 0.1) is 0 Å². The first kappa shape index (κ1) is 9.63. The second-order valence-electron chi connectivity index (χ2n) is 1.49. The van der Waals surface area contributed by atoms with Crippen LogP contribution in [-0.2, 0) is 20.4 Å². The van der Waals surface area contributed by atoms with Crippen LogP contribution in [0.25, 0.3) is 0 Å². The Hall–Kier alpha value is -0.368. The van der Waals surface area contributed by atoms with E-state index < -0.39 is 5.91 Å². The minimum atomic E-state index is -0.487. The van der Waals surface area contributed by atoms with Crippen molar-refractivity contribution < 1.29 is 25.2 Å². The molecule has 1 amide bonds. The fraction of sp³-hybridized carbons (Fsp3) is 0. The third-order valence-corrected chi connectivity index (χ3v) is 1.75. The largest absolute Gasteiger partial charge is 0.430 e. The van der Waals surface area contributed by atoms with Crippen molar-refractivity contribution in [3.63, 3.8) is 0 Å². The van der Waals surface area contributed by atoms with Gasteiger partial charge in [-0.2, -0.15) is 0 Å². The number of carbonyl (C=O) groups excluding carboxylic acids is 1. The summed E-state index contributed by atoms with van der Waals surface area (Å²) >= 11 is 1.20. The summed E-state index contributed by atoms with van der Waals surface area (Å²) in [5, 5.41) is 1.61. The van der Waals surface area contributed by atoms with Crippen LogP contribution in [0.3, 0.4) is 0 Å².